The molecule has 1 aromatic rings. The van der Waals surface area contributed by atoms with Gasteiger partial charge in [0.2, 0.25) is 0 Å². The Morgan fingerprint density at radius 3 is 2.35 bits per heavy atom. The molecule has 1 fully saturated rings. The summed E-state index contributed by atoms with van der Waals surface area (Å²) in [6.07, 6.45) is -5.05. The minimum Gasteiger partial charge on any atom is -0.380 e. The zero-order valence-electron chi connectivity index (χ0n) is 11.7. The monoisotopic (exact) mass is 287 g/mol. The van der Waals surface area contributed by atoms with Gasteiger partial charge in [-0.1, -0.05) is 29.8 Å². The van der Waals surface area contributed by atoms with E-state index in [1.54, 1.807) is 0 Å². The van der Waals surface area contributed by atoms with Crippen LogP contribution in [0.5, 0.6) is 0 Å². The van der Waals surface area contributed by atoms with Crippen molar-refractivity contribution in [3.05, 3.63) is 35.4 Å². The van der Waals surface area contributed by atoms with Crippen molar-refractivity contribution >= 4 is 0 Å². The lowest BCUT2D eigenvalue weighted by atomic mass is 9.89. The second-order valence-electron chi connectivity index (χ2n) is 5.66. The number of benzene rings is 1. The Kier molecular flexibility index (Phi) is 4.12. The van der Waals surface area contributed by atoms with Crippen LogP contribution in [0, 0.1) is 6.92 Å². The number of piperidine rings is 1. The number of hydrogen-bond donors (Lipinski definition) is 1. The van der Waals surface area contributed by atoms with Crippen molar-refractivity contribution in [2.75, 3.05) is 13.1 Å². The van der Waals surface area contributed by atoms with Gasteiger partial charge in [0, 0.05) is 19.1 Å². The molecule has 1 unspecified atom stereocenters. The summed E-state index contributed by atoms with van der Waals surface area (Å²) in [5, 5.41) is 9.67. The average Bonchev–Trinajstić information content (AvgIpc) is 2.37. The van der Waals surface area contributed by atoms with Gasteiger partial charge in [0.15, 0.2) is 5.60 Å². The zero-order valence-corrected chi connectivity index (χ0v) is 11.7. The smallest absolute Gasteiger partial charge is 0.380 e. The molecule has 1 aromatic carbocycles. The Morgan fingerprint density at radius 2 is 1.85 bits per heavy atom. The van der Waals surface area contributed by atoms with Gasteiger partial charge < -0.3 is 5.11 Å². The first kappa shape index (κ1) is 15.3. The molecule has 0 saturated carbocycles. The predicted molar refractivity (Wildman–Crippen MR) is 71.4 cm³/mol. The number of likely N-dealkylation sites (tertiary alicyclic amines) is 1. The fourth-order valence-electron chi connectivity index (χ4n) is 2.71. The topological polar surface area (TPSA) is 23.5 Å². The summed E-state index contributed by atoms with van der Waals surface area (Å²) in [6.45, 7) is 4.50. The van der Waals surface area contributed by atoms with Gasteiger partial charge >= 0.3 is 6.18 Å². The maximum absolute atomic E-state index is 12.8. The molecule has 0 radical (unpaired) electrons. The van der Waals surface area contributed by atoms with E-state index < -0.39 is 11.8 Å². The minimum absolute atomic E-state index is 0.0627. The summed E-state index contributed by atoms with van der Waals surface area (Å²) in [6, 6.07) is 8.05. The molecular formula is C15H20F3NO. The van der Waals surface area contributed by atoms with Crippen molar-refractivity contribution in [2.24, 2.45) is 0 Å². The van der Waals surface area contributed by atoms with E-state index in [4.69, 9.17) is 0 Å². The number of hydrogen-bond acceptors (Lipinski definition) is 2. The molecule has 5 heteroatoms. The molecule has 2 nitrogen and oxygen atoms in total. The summed E-state index contributed by atoms with van der Waals surface area (Å²) in [5.41, 5.74) is -0.281. The lowest BCUT2D eigenvalue weighted by Gasteiger charge is -2.41. The summed E-state index contributed by atoms with van der Waals surface area (Å²) in [4.78, 5) is 2.00. The Balaban J connectivity index is 2.04. The Labute approximate surface area is 117 Å². The van der Waals surface area contributed by atoms with Gasteiger partial charge in [-0.15, -0.1) is 0 Å². The van der Waals surface area contributed by atoms with Crippen molar-refractivity contribution in [3.8, 4) is 0 Å². The summed E-state index contributed by atoms with van der Waals surface area (Å²) < 4.78 is 38.3. The summed E-state index contributed by atoms with van der Waals surface area (Å²) in [7, 11) is 0. The van der Waals surface area contributed by atoms with E-state index in [1.807, 2.05) is 36.9 Å². The van der Waals surface area contributed by atoms with E-state index in [9.17, 15) is 18.3 Å². The Morgan fingerprint density at radius 1 is 1.25 bits per heavy atom. The highest BCUT2D eigenvalue weighted by molar-refractivity contribution is 5.24. The molecule has 20 heavy (non-hydrogen) atoms. The van der Waals surface area contributed by atoms with E-state index in [0.717, 1.165) is 11.1 Å². The normalized spacial score (nSPS) is 21.7. The van der Waals surface area contributed by atoms with E-state index in [2.05, 4.69) is 6.07 Å². The van der Waals surface area contributed by atoms with Crippen LogP contribution >= 0.6 is 0 Å². The molecule has 1 heterocycles. The SMILES string of the molecule is Cc1cccc(C(C)N2CCC(O)(C(F)(F)F)CC2)c1. The zero-order chi connectivity index (χ0) is 15.0. The van der Waals surface area contributed by atoms with Crippen LogP contribution in [0.3, 0.4) is 0 Å². The van der Waals surface area contributed by atoms with Crippen LogP contribution in [-0.4, -0.2) is 34.9 Å². The number of rotatable bonds is 2. The molecule has 0 amide bonds. The quantitative estimate of drug-likeness (QED) is 0.900. The molecule has 1 atom stereocenters. The number of aryl methyl sites for hydroxylation is 1. The van der Waals surface area contributed by atoms with Crippen LogP contribution in [0.1, 0.15) is 36.9 Å². The molecule has 1 saturated heterocycles. The molecule has 1 aliphatic rings. The van der Waals surface area contributed by atoms with Crippen molar-refractivity contribution in [3.63, 3.8) is 0 Å². The highest BCUT2D eigenvalue weighted by Gasteiger charge is 2.54. The van der Waals surface area contributed by atoms with Crippen molar-refractivity contribution in [2.45, 2.75) is 44.5 Å². The molecule has 0 spiro atoms. The van der Waals surface area contributed by atoms with E-state index >= 15 is 0 Å². The highest BCUT2D eigenvalue weighted by Crippen LogP contribution is 2.39. The fraction of sp³-hybridized carbons (Fsp3) is 0.600. The van der Waals surface area contributed by atoms with Crippen molar-refractivity contribution in [1.82, 2.24) is 4.90 Å². The van der Waals surface area contributed by atoms with Crippen LogP contribution < -0.4 is 0 Å². The Hall–Kier alpha value is -1.07. The molecule has 0 aliphatic carbocycles. The van der Waals surface area contributed by atoms with Crippen LogP contribution in [0.4, 0.5) is 13.2 Å². The molecule has 0 bridgehead atoms. The van der Waals surface area contributed by atoms with E-state index in [-0.39, 0.29) is 32.0 Å². The van der Waals surface area contributed by atoms with Crippen LogP contribution in [0.25, 0.3) is 0 Å². The van der Waals surface area contributed by atoms with Crippen LogP contribution in [0.2, 0.25) is 0 Å². The number of aliphatic hydroxyl groups is 1. The lowest BCUT2D eigenvalue weighted by Crippen LogP contribution is -2.53. The maximum atomic E-state index is 12.8. The summed E-state index contributed by atoms with van der Waals surface area (Å²) >= 11 is 0. The molecular weight excluding hydrogens is 267 g/mol. The largest absolute Gasteiger partial charge is 0.417 e. The van der Waals surface area contributed by atoms with Gasteiger partial charge in [-0.2, -0.15) is 13.2 Å². The number of nitrogens with zero attached hydrogens (tertiary/aromatic N) is 1. The third-order valence-corrected chi connectivity index (χ3v) is 4.23. The van der Waals surface area contributed by atoms with Crippen LogP contribution in [-0.2, 0) is 0 Å². The lowest BCUT2D eigenvalue weighted by molar-refractivity contribution is -0.273. The minimum atomic E-state index is -4.54. The molecule has 0 aromatic heterocycles. The first-order valence-corrected chi connectivity index (χ1v) is 6.83. The molecule has 1 aliphatic heterocycles. The number of alkyl halides is 3. The first-order valence-electron chi connectivity index (χ1n) is 6.83. The fourth-order valence-corrected chi connectivity index (χ4v) is 2.71. The van der Waals surface area contributed by atoms with Gasteiger partial charge in [0.25, 0.3) is 0 Å². The standard InChI is InChI=1S/C15H20F3NO/c1-11-4-3-5-13(10-11)12(2)19-8-6-14(20,7-9-19)15(16,17)18/h3-5,10,12,20H,6-9H2,1-2H3. The van der Waals surface area contributed by atoms with E-state index in [0.29, 0.717) is 0 Å². The van der Waals surface area contributed by atoms with Crippen LogP contribution in [0.15, 0.2) is 24.3 Å². The molecule has 1 N–H and O–H groups in total. The predicted octanol–water partition coefficient (Wildman–Crippen LogP) is 3.45. The second-order valence-corrected chi connectivity index (χ2v) is 5.66. The highest BCUT2D eigenvalue weighted by atomic mass is 19.4. The van der Waals surface area contributed by atoms with Gasteiger partial charge in [0.05, 0.1) is 0 Å². The Bertz CT molecular complexity index is 464. The van der Waals surface area contributed by atoms with E-state index in [1.165, 1.54) is 0 Å². The third kappa shape index (κ3) is 2.99. The van der Waals surface area contributed by atoms with Crippen molar-refractivity contribution in [1.29, 1.82) is 0 Å². The van der Waals surface area contributed by atoms with Gasteiger partial charge in [-0.05, 0) is 32.3 Å². The first-order chi connectivity index (χ1) is 9.23. The van der Waals surface area contributed by atoms with Gasteiger partial charge in [-0.3, -0.25) is 4.90 Å². The third-order valence-electron chi connectivity index (χ3n) is 4.23. The molecule has 2 rings (SSSR count). The second kappa shape index (κ2) is 5.37. The van der Waals surface area contributed by atoms with Gasteiger partial charge in [0.1, 0.15) is 0 Å². The molecule has 112 valence electrons. The average molecular weight is 287 g/mol. The maximum Gasteiger partial charge on any atom is 0.417 e. The van der Waals surface area contributed by atoms with Crippen molar-refractivity contribution < 1.29 is 18.3 Å². The summed E-state index contributed by atoms with van der Waals surface area (Å²) in [5.74, 6) is 0. The van der Waals surface area contributed by atoms with Gasteiger partial charge in [-0.25, -0.2) is 0 Å². The number of halogens is 3.